The number of carboxylic acids is 1. The molecule has 0 bridgehead atoms. The minimum Gasteiger partial charge on any atom is -0.489 e. The van der Waals surface area contributed by atoms with Crippen LogP contribution < -0.4 is 10.1 Å². The van der Waals surface area contributed by atoms with E-state index in [-0.39, 0.29) is 18.0 Å². The number of halogens is 1. The number of hydrogen-bond acceptors (Lipinski definition) is 6. The summed E-state index contributed by atoms with van der Waals surface area (Å²) in [4.78, 5) is 37.9. The first kappa shape index (κ1) is 24.5. The van der Waals surface area contributed by atoms with Crippen LogP contribution in [0.4, 0.5) is 0 Å². The molecular formula is C29H22BrNO6. The molecule has 2 N–H and O–H groups in total. The highest BCUT2D eigenvalue weighted by Gasteiger charge is 2.43. The van der Waals surface area contributed by atoms with Gasteiger partial charge in [-0.25, -0.2) is 9.59 Å². The van der Waals surface area contributed by atoms with E-state index >= 15 is 0 Å². The number of hydrogen-bond donors (Lipinski definition) is 2. The Kier molecular flexibility index (Phi) is 6.43. The zero-order valence-electron chi connectivity index (χ0n) is 20.0. The molecule has 0 fully saturated rings. The molecule has 0 saturated carbocycles. The van der Waals surface area contributed by atoms with Crippen LogP contribution in [0.2, 0.25) is 0 Å². The van der Waals surface area contributed by atoms with Gasteiger partial charge in [-0.1, -0.05) is 52.3 Å². The fourth-order valence-electron chi connectivity index (χ4n) is 4.80. The molecule has 1 aliphatic carbocycles. The number of esters is 1. The number of carboxylic acid groups (broad SMARTS) is 1. The molecule has 186 valence electrons. The quantitative estimate of drug-likeness (QED) is 0.386. The van der Waals surface area contributed by atoms with Crippen molar-refractivity contribution in [2.75, 3.05) is 7.11 Å². The number of carbonyl (C=O) groups is 3. The summed E-state index contributed by atoms with van der Waals surface area (Å²) >= 11 is 3.53. The Bertz CT molecular complexity index is 1520. The van der Waals surface area contributed by atoms with E-state index in [0.29, 0.717) is 39.4 Å². The van der Waals surface area contributed by atoms with Gasteiger partial charge in [0.1, 0.15) is 12.4 Å². The van der Waals surface area contributed by atoms with E-state index < -0.39 is 17.9 Å². The van der Waals surface area contributed by atoms with Gasteiger partial charge >= 0.3 is 11.9 Å². The largest absolute Gasteiger partial charge is 0.489 e. The number of dihydropyridines is 1. The maximum Gasteiger partial charge on any atom is 0.336 e. The van der Waals surface area contributed by atoms with Gasteiger partial charge < -0.3 is 19.9 Å². The first-order chi connectivity index (χ1) is 17.8. The average Bonchev–Trinajstić information content (AvgIpc) is 3.18. The van der Waals surface area contributed by atoms with Gasteiger partial charge in [0.05, 0.1) is 29.9 Å². The Morgan fingerprint density at radius 3 is 2.41 bits per heavy atom. The zero-order valence-corrected chi connectivity index (χ0v) is 21.6. The summed E-state index contributed by atoms with van der Waals surface area (Å²) in [6, 6.07) is 19.2. The Morgan fingerprint density at radius 1 is 1.03 bits per heavy atom. The number of benzene rings is 3. The number of allylic oxidation sites excluding steroid dienone is 2. The molecule has 0 unspecified atom stereocenters. The van der Waals surface area contributed by atoms with Crippen molar-refractivity contribution in [3.63, 3.8) is 0 Å². The molecule has 1 heterocycles. The van der Waals surface area contributed by atoms with Crippen molar-refractivity contribution in [3.8, 4) is 5.75 Å². The zero-order chi connectivity index (χ0) is 26.3. The Labute approximate surface area is 221 Å². The van der Waals surface area contributed by atoms with Gasteiger partial charge in [-0.3, -0.25) is 4.79 Å². The number of nitrogens with one attached hydrogen (secondary N) is 1. The van der Waals surface area contributed by atoms with Crippen LogP contribution in [0, 0.1) is 0 Å². The van der Waals surface area contributed by atoms with E-state index in [9.17, 15) is 14.4 Å². The number of fused-ring (bicyclic) bond motifs is 2. The average molecular weight is 560 g/mol. The summed E-state index contributed by atoms with van der Waals surface area (Å²) in [5.41, 5.74) is 5.00. The molecule has 0 radical (unpaired) electrons. The number of methoxy groups -OCH3 is 1. The lowest BCUT2D eigenvalue weighted by molar-refractivity contribution is -0.136. The minimum absolute atomic E-state index is 0.160. The molecule has 0 amide bonds. The lowest BCUT2D eigenvalue weighted by atomic mass is 9.79. The third-order valence-electron chi connectivity index (χ3n) is 6.53. The van der Waals surface area contributed by atoms with E-state index in [2.05, 4.69) is 21.2 Å². The van der Waals surface area contributed by atoms with Crippen molar-refractivity contribution < 1.29 is 29.0 Å². The molecule has 37 heavy (non-hydrogen) atoms. The Hall–Kier alpha value is -4.17. The van der Waals surface area contributed by atoms with Crippen LogP contribution in [0.25, 0.3) is 5.70 Å². The first-order valence-electron chi connectivity index (χ1n) is 11.5. The topological polar surface area (TPSA) is 102 Å². The molecule has 2 aliphatic rings. The van der Waals surface area contributed by atoms with Crippen molar-refractivity contribution >= 4 is 39.3 Å². The van der Waals surface area contributed by atoms with Gasteiger partial charge in [0.15, 0.2) is 5.78 Å². The van der Waals surface area contributed by atoms with Crippen LogP contribution in [-0.2, 0) is 16.1 Å². The lowest BCUT2D eigenvalue weighted by Crippen LogP contribution is -2.29. The lowest BCUT2D eigenvalue weighted by Gasteiger charge is -2.30. The SMILES string of the molecule is COC(=O)C1=C(C)NC2=C(C(=O)c3ccccc32)[C@H]1c1cc(Br)ccc1OCc1ccc(C(=O)O)cc1. The smallest absolute Gasteiger partial charge is 0.336 e. The summed E-state index contributed by atoms with van der Waals surface area (Å²) < 4.78 is 12.1. The van der Waals surface area contributed by atoms with Crippen LogP contribution in [-0.4, -0.2) is 29.9 Å². The van der Waals surface area contributed by atoms with Crippen LogP contribution >= 0.6 is 15.9 Å². The highest BCUT2D eigenvalue weighted by Crippen LogP contribution is 2.49. The second kappa shape index (κ2) is 9.71. The standard InChI is InChI=1S/C29H22BrNO6/c1-15-23(29(35)36-2)24(25-26(31-15)19-5-3-4-6-20(19)27(25)32)21-13-18(30)11-12-22(21)37-14-16-7-9-17(10-8-16)28(33)34/h3-13,24,31H,14H2,1-2H3,(H,33,34)/t24-/m0/s1. The maximum atomic E-state index is 13.7. The number of ether oxygens (including phenoxy) is 2. The number of carbonyl (C=O) groups excluding carboxylic acids is 2. The predicted molar refractivity (Wildman–Crippen MR) is 140 cm³/mol. The molecular weight excluding hydrogens is 538 g/mol. The summed E-state index contributed by atoms with van der Waals surface area (Å²) in [7, 11) is 1.31. The second-order valence-electron chi connectivity index (χ2n) is 8.72. The van der Waals surface area contributed by atoms with Gasteiger partial charge in [0.25, 0.3) is 0 Å². The van der Waals surface area contributed by atoms with Crippen LogP contribution in [0.3, 0.4) is 0 Å². The molecule has 3 aromatic rings. The van der Waals surface area contributed by atoms with Crippen LogP contribution in [0.5, 0.6) is 5.75 Å². The molecule has 8 heteroatoms. The highest BCUT2D eigenvalue weighted by atomic mass is 79.9. The summed E-state index contributed by atoms with van der Waals surface area (Å²) in [5.74, 6) is -1.95. The van der Waals surface area contributed by atoms with E-state index in [0.717, 1.165) is 15.6 Å². The molecule has 3 aromatic carbocycles. The second-order valence-corrected chi connectivity index (χ2v) is 9.64. The van der Waals surface area contributed by atoms with Gasteiger partial charge in [0.2, 0.25) is 0 Å². The van der Waals surface area contributed by atoms with E-state index in [1.807, 2.05) is 30.3 Å². The fourth-order valence-corrected chi connectivity index (χ4v) is 5.18. The third kappa shape index (κ3) is 4.34. The van der Waals surface area contributed by atoms with E-state index in [1.165, 1.54) is 19.2 Å². The highest BCUT2D eigenvalue weighted by molar-refractivity contribution is 9.10. The normalized spacial score (nSPS) is 16.2. The van der Waals surface area contributed by atoms with Gasteiger partial charge in [0, 0.05) is 32.4 Å². The van der Waals surface area contributed by atoms with E-state index in [1.54, 1.807) is 31.2 Å². The van der Waals surface area contributed by atoms with E-state index in [4.69, 9.17) is 14.6 Å². The molecule has 1 aliphatic heterocycles. The molecule has 0 saturated heterocycles. The van der Waals surface area contributed by atoms with Crippen molar-refractivity contribution in [2.45, 2.75) is 19.4 Å². The number of ketones is 1. The first-order valence-corrected chi connectivity index (χ1v) is 12.3. The molecule has 0 spiro atoms. The Balaban J connectivity index is 1.60. The van der Waals surface area contributed by atoms with Crippen molar-refractivity contribution in [1.29, 1.82) is 0 Å². The number of Topliss-reactive ketones (excluding diaryl/α,β-unsaturated/α-hetero) is 1. The van der Waals surface area contributed by atoms with Gasteiger partial charge in [-0.15, -0.1) is 0 Å². The molecule has 0 aromatic heterocycles. The van der Waals surface area contributed by atoms with Crippen molar-refractivity contribution in [1.82, 2.24) is 5.32 Å². The number of aromatic carboxylic acids is 1. The predicted octanol–water partition coefficient (Wildman–Crippen LogP) is 5.47. The fraction of sp³-hybridized carbons (Fsp3) is 0.138. The number of rotatable bonds is 6. The van der Waals surface area contributed by atoms with Gasteiger partial charge in [-0.2, -0.15) is 0 Å². The monoisotopic (exact) mass is 559 g/mol. The molecule has 5 rings (SSSR count). The van der Waals surface area contributed by atoms with Crippen molar-refractivity contribution in [2.24, 2.45) is 0 Å². The van der Waals surface area contributed by atoms with Crippen molar-refractivity contribution in [3.05, 3.63) is 116 Å². The van der Waals surface area contributed by atoms with Crippen LogP contribution in [0.15, 0.2) is 88.0 Å². The third-order valence-corrected chi connectivity index (χ3v) is 7.03. The summed E-state index contributed by atoms with van der Waals surface area (Å²) in [6.07, 6.45) is 0. The van der Waals surface area contributed by atoms with Crippen LogP contribution in [0.1, 0.15) is 50.2 Å². The maximum absolute atomic E-state index is 13.7. The minimum atomic E-state index is -1.00. The summed E-state index contributed by atoms with van der Waals surface area (Å²) in [5, 5.41) is 12.4. The Morgan fingerprint density at radius 2 is 1.73 bits per heavy atom. The van der Waals surface area contributed by atoms with Gasteiger partial charge in [-0.05, 0) is 42.8 Å². The summed E-state index contributed by atoms with van der Waals surface area (Å²) in [6.45, 7) is 1.95. The molecule has 1 atom stereocenters. The molecule has 7 nitrogen and oxygen atoms in total.